The Morgan fingerprint density at radius 3 is 2.33 bits per heavy atom. The zero-order chi connectivity index (χ0) is 26.0. The largest absolute Gasteiger partial charge is 0.378 e. The molecule has 3 fully saturated rings. The highest BCUT2D eigenvalue weighted by Crippen LogP contribution is 2.32. The molecule has 3 amide bonds. The summed E-state index contributed by atoms with van der Waals surface area (Å²) in [5, 5.41) is 6.20. The van der Waals surface area contributed by atoms with E-state index in [9.17, 15) is 19.2 Å². The van der Waals surface area contributed by atoms with Crippen LogP contribution in [0.25, 0.3) is 0 Å². The minimum atomic E-state index is -0.730. The number of benzene rings is 1. The Kier molecular flexibility index (Phi) is 7.97. The van der Waals surface area contributed by atoms with Crippen LogP contribution in [0.3, 0.4) is 0 Å². The van der Waals surface area contributed by atoms with E-state index in [2.05, 4.69) is 10.6 Å². The van der Waals surface area contributed by atoms with Crippen molar-refractivity contribution < 1.29 is 19.2 Å². The Morgan fingerprint density at radius 2 is 1.72 bits per heavy atom. The predicted molar refractivity (Wildman–Crippen MR) is 138 cm³/mol. The molecular weight excluding hydrogens is 458 g/mol. The quantitative estimate of drug-likeness (QED) is 0.589. The summed E-state index contributed by atoms with van der Waals surface area (Å²) in [4.78, 5) is 58.3. The molecule has 36 heavy (non-hydrogen) atoms. The number of fused-ring (bicyclic) bond motifs is 1. The van der Waals surface area contributed by atoms with E-state index in [0.717, 1.165) is 31.6 Å². The van der Waals surface area contributed by atoms with Crippen molar-refractivity contribution in [2.75, 3.05) is 45.2 Å². The number of hydrogen-bond acceptors (Lipinski definition) is 6. The van der Waals surface area contributed by atoms with Crippen molar-refractivity contribution in [1.82, 2.24) is 20.4 Å². The third-order valence-electron chi connectivity index (χ3n) is 7.63. The average Bonchev–Trinajstić information content (AvgIpc) is 3.44. The number of carbonyl (C=O) groups is 4. The third kappa shape index (κ3) is 5.40. The molecule has 3 aliphatic heterocycles. The number of anilines is 1. The van der Waals surface area contributed by atoms with Gasteiger partial charge in [-0.2, -0.15) is 0 Å². The van der Waals surface area contributed by atoms with Gasteiger partial charge in [-0.1, -0.05) is 13.8 Å². The summed E-state index contributed by atoms with van der Waals surface area (Å²) in [6.07, 6.45) is 2.62. The van der Waals surface area contributed by atoms with E-state index in [1.807, 2.05) is 45.0 Å². The highest BCUT2D eigenvalue weighted by Gasteiger charge is 2.52. The maximum absolute atomic E-state index is 13.7. The zero-order valence-corrected chi connectivity index (χ0v) is 21.8. The van der Waals surface area contributed by atoms with Crippen LogP contribution < -0.4 is 15.5 Å². The smallest absolute Gasteiger partial charge is 0.251 e. The van der Waals surface area contributed by atoms with Crippen LogP contribution in [0.5, 0.6) is 0 Å². The van der Waals surface area contributed by atoms with Gasteiger partial charge in [0.2, 0.25) is 11.8 Å². The molecule has 196 valence electrons. The Bertz CT molecular complexity index is 986. The number of carbonyl (C=O) groups excluding carboxylic acids is 4. The first kappa shape index (κ1) is 26.1. The number of nitrogens with zero attached hydrogens (tertiary/aromatic N) is 3. The Morgan fingerprint density at radius 1 is 1.06 bits per heavy atom. The van der Waals surface area contributed by atoms with E-state index >= 15 is 0 Å². The fourth-order valence-corrected chi connectivity index (χ4v) is 5.71. The normalized spacial score (nSPS) is 23.1. The number of rotatable bonds is 7. The highest BCUT2D eigenvalue weighted by atomic mass is 16.2. The van der Waals surface area contributed by atoms with Gasteiger partial charge in [0.15, 0.2) is 5.78 Å². The van der Waals surface area contributed by atoms with Crippen LogP contribution in [-0.4, -0.2) is 91.7 Å². The van der Waals surface area contributed by atoms with Gasteiger partial charge in [0.05, 0.1) is 12.6 Å². The van der Waals surface area contributed by atoms with Crippen LogP contribution in [0.2, 0.25) is 0 Å². The van der Waals surface area contributed by atoms with Gasteiger partial charge in [0.1, 0.15) is 12.1 Å². The monoisotopic (exact) mass is 497 g/mol. The Hall–Kier alpha value is -2.94. The summed E-state index contributed by atoms with van der Waals surface area (Å²) in [5.74, 6) is -0.475. The maximum atomic E-state index is 13.7. The lowest BCUT2D eigenvalue weighted by molar-refractivity contribution is -0.138. The van der Waals surface area contributed by atoms with Crippen molar-refractivity contribution >= 4 is 29.2 Å². The van der Waals surface area contributed by atoms with Crippen molar-refractivity contribution in [2.45, 2.75) is 57.7 Å². The van der Waals surface area contributed by atoms with Gasteiger partial charge in [0, 0.05) is 37.8 Å². The zero-order valence-electron chi connectivity index (χ0n) is 21.8. The molecule has 9 nitrogen and oxygen atoms in total. The van der Waals surface area contributed by atoms with Gasteiger partial charge in [-0.15, -0.1) is 0 Å². The maximum Gasteiger partial charge on any atom is 0.251 e. The second kappa shape index (κ2) is 11.0. The minimum absolute atomic E-state index is 0.0415. The fourth-order valence-electron chi connectivity index (χ4n) is 5.71. The summed E-state index contributed by atoms with van der Waals surface area (Å²) in [7, 11) is 3.86. The molecule has 3 atom stereocenters. The van der Waals surface area contributed by atoms with Crippen LogP contribution in [0.4, 0.5) is 5.69 Å². The molecular formula is C27H39N5O4. The summed E-state index contributed by atoms with van der Waals surface area (Å²) in [5.41, 5.74) is 1.46. The van der Waals surface area contributed by atoms with Gasteiger partial charge in [0.25, 0.3) is 5.91 Å². The number of amides is 3. The summed E-state index contributed by atoms with van der Waals surface area (Å²) >= 11 is 0. The molecule has 0 spiro atoms. The van der Waals surface area contributed by atoms with Crippen molar-refractivity contribution in [3.8, 4) is 0 Å². The van der Waals surface area contributed by atoms with Crippen LogP contribution in [0.15, 0.2) is 24.3 Å². The number of Topliss-reactive ketones (excluding diaryl/α,β-unsaturated/α-hetero) is 1. The molecule has 1 aromatic rings. The van der Waals surface area contributed by atoms with Crippen molar-refractivity contribution in [3.63, 3.8) is 0 Å². The molecule has 4 rings (SSSR count). The molecule has 0 bridgehead atoms. The standard InChI is InChI=1S/C27H39N5O4/c1-17(2)15-21(29-25(34)18-5-7-20(8-6-18)30(3)4)27(36)31-14-11-22-24(31)23(33)16-32(22)26(35)19-9-12-28-13-10-19/h5-8,17,19,21-22,24,28H,9-16H2,1-4H3,(H,29,34)/t21-,22+,24-/m0/s1. The average molecular weight is 498 g/mol. The molecule has 1 aromatic carbocycles. The van der Waals surface area contributed by atoms with E-state index < -0.39 is 12.1 Å². The van der Waals surface area contributed by atoms with Crippen molar-refractivity contribution in [3.05, 3.63) is 29.8 Å². The molecule has 0 aliphatic carbocycles. The lowest BCUT2D eigenvalue weighted by Gasteiger charge is -2.30. The molecule has 0 radical (unpaired) electrons. The summed E-state index contributed by atoms with van der Waals surface area (Å²) in [6.45, 7) is 6.12. The topological polar surface area (TPSA) is 102 Å². The number of hydrogen-bond donors (Lipinski definition) is 2. The molecule has 9 heteroatoms. The van der Waals surface area contributed by atoms with E-state index in [4.69, 9.17) is 0 Å². The first-order valence-electron chi connectivity index (χ1n) is 13.1. The van der Waals surface area contributed by atoms with Gasteiger partial charge in [-0.3, -0.25) is 19.2 Å². The predicted octanol–water partition coefficient (Wildman–Crippen LogP) is 1.28. The Balaban J connectivity index is 1.46. The van der Waals surface area contributed by atoms with Crippen LogP contribution in [0, 0.1) is 11.8 Å². The second-order valence-electron chi connectivity index (χ2n) is 10.9. The van der Waals surface area contributed by atoms with Crippen molar-refractivity contribution in [2.24, 2.45) is 11.8 Å². The number of ketones is 1. The van der Waals surface area contributed by atoms with Crippen LogP contribution in [-0.2, 0) is 14.4 Å². The fraction of sp³-hybridized carbons (Fsp3) is 0.630. The van der Waals surface area contributed by atoms with Crippen LogP contribution in [0.1, 0.15) is 49.9 Å². The third-order valence-corrected chi connectivity index (χ3v) is 7.63. The van der Waals surface area contributed by atoms with Gasteiger partial charge in [-0.25, -0.2) is 0 Å². The molecule has 0 saturated carbocycles. The first-order valence-corrected chi connectivity index (χ1v) is 13.1. The molecule has 2 N–H and O–H groups in total. The summed E-state index contributed by atoms with van der Waals surface area (Å²) in [6, 6.07) is 5.62. The lowest BCUT2D eigenvalue weighted by atomic mass is 9.96. The molecule has 3 saturated heterocycles. The van der Waals surface area contributed by atoms with E-state index in [0.29, 0.717) is 24.9 Å². The second-order valence-corrected chi connectivity index (χ2v) is 10.9. The van der Waals surface area contributed by atoms with E-state index in [1.165, 1.54) is 0 Å². The summed E-state index contributed by atoms with van der Waals surface area (Å²) < 4.78 is 0. The van der Waals surface area contributed by atoms with Gasteiger partial charge >= 0.3 is 0 Å². The first-order chi connectivity index (χ1) is 17.2. The number of piperidine rings is 1. The number of nitrogens with one attached hydrogen (secondary N) is 2. The van der Waals surface area contributed by atoms with Gasteiger partial charge in [-0.05, 0) is 69.0 Å². The minimum Gasteiger partial charge on any atom is -0.378 e. The molecule has 3 aliphatic rings. The SMILES string of the molecule is CC(C)C[C@H](NC(=O)c1ccc(N(C)C)cc1)C(=O)N1CC[C@@H]2[C@H]1C(=O)CN2C(=O)C1CCNCC1. The molecule has 0 unspecified atom stereocenters. The van der Waals surface area contributed by atoms with Gasteiger partial charge < -0.3 is 25.3 Å². The van der Waals surface area contributed by atoms with Crippen LogP contribution >= 0.6 is 0 Å². The van der Waals surface area contributed by atoms with Crippen molar-refractivity contribution in [1.29, 1.82) is 0 Å². The van der Waals surface area contributed by atoms with E-state index in [-0.39, 0.29) is 47.9 Å². The molecule has 0 aromatic heterocycles. The highest BCUT2D eigenvalue weighted by molar-refractivity contribution is 6.01. The lowest BCUT2D eigenvalue weighted by Crippen LogP contribution is -2.53. The van der Waals surface area contributed by atoms with E-state index in [1.54, 1.807) is 21.9 Å². The number of likely N-dealkylation sites (tertiary alicyclic amines) is 2. The Labute approximate surface area is 213 Å². The molecule has 3 heterocycles.